The first-order chi connectivity index (χ1) is 32.0. The zero-order valence-electron chi connectivity index (χ0n) is 42.1. The lowest BCUT2D eigenvalue weighted by atomic mass is 10.0. The molecule has 65 heavy (non-hydrogen) atoms. The van der Waals surface area contributed by atoms with Crippen LogP contribution in [0.25, 0.3) is 0 Å². The van der Waals surface area contributed by atoms with Crippen molar-refractivity contribution in [1.29, 1.82) is 0 Å². The van der Waals surface area contributed by atoms with E-state index in [2.05, 4.69) is 123 Å². The number of rotatable bonds is 46. The molecule has 3 unspecified atom stereocenters. The molecule has 0 rings (SSSR count). The summed E-state index contributed by atoms with van der Waals surface area (Å²) in [6.07, 6.45) is 70.3. The van der Waals surface area contributed by atoms with Crippen molar-refractivity contribution in [3.63, 3.8) is 0 Å². The monoisotopic (exact) mass is 902 g/mol. The minimum atomic E-state index is -0.830. The van der Waals surface area contributed by atoms with E-state index in [9.17, 15) is 19.8 Å². The summed E-state index contributed by atoms with van der Waals surface area (Å²) in [4.78, 5) is 26.1. The fraction of sp³-hybridized carbons (Fsp3) is 0.661. The van der Waals surface area contributed by atoms with Gasteiger partial charge in [-0.2, -0.15) is 0 Å². The quantitative estimate of drug-likeness (QED) is 0.0321. The van der Waals surface area contributed by atoms with E-state index in [4.69, 9.17) is 4.74 Å². The van der Waals surface area contributed by atoms with Crippen LogP contribution >= 0.6 is 0 Å². The molecule has 0 aromatic heterocycles. The number of allylic oxidation sites excluding steroid dienone is 17. The molecule has 6 nitrogen and oxygen atoms in total. The first-order valence-electron chi connectivity index (χ1n) is 26.6. The SMILES string of the molecule is CC/C=C\C/C=C\C/C=C\C/C=C\C/C=C\C/C=C\C(CC(=O)NC(CO)C(O)CCCCCCCCCCCCCCCCC)OC(=O)CCCCCC/C=C/C/C=C/C/C=C/CC. The highest BCUT2D eigenvalue weighted by molar-refractivity contribution is 5.78. The van der Waals surface area contributed by atoms with Gasteiger partial charge in [-0.3, -0.25) is 9.59 Å². The van der Waals surface area contributed by atoms with Gasteiger partial charge in [-0.05, 0) is 89.5 Å². The lowest BCUT2D eigenvalue weighted by Crippen LogP contribution is -2.46. The van der Waals surface area contributed by atoms with E-state index in [0.29, 0.717) is 19.3 Å². The van der Waals surface area contributed by atoms with Gasteiger partial charge in [-0.1, -0.05) is 233 Å². The summed E-state index contributed by atoms with van der Waals surface area (Å²) >= 11 is 0. The zero-order valence-corrected chi connectivity index (χ0v) is 42.1. The van der Waals surface area contributed by atoms with E-state index in [0.717, 1.165) is 103 Å². The van der Waals surface area contributed by atoms with Crippen LogP contribution in [0.4, 0.5) is 0 Å². The van der Waals surface area contributed by atoms with Crippen molar-refractivity contribution in [3.8, 4) is 0 Å². The Morgan fingerprint density at radius 2 is 0.862 bits per heavy atom. The van der Waals surface area contributed by atoms with Gasteiger partial charge in [0.2, 0.25) is 5.91 Å². The second kappa shape index (κ2) is 51.5. The Morgan fingerprint density at radius 3 is 1.31 bits per heavy atom. The summed E-state index contributed by atoms with van der Waals surface area (Å²) in [6.45, 7) is 6.21. The van der Waals surface area contributed by atoms with Gasteiger partial charge in [0, 0.05) is 6.42 Å². The molecule has 6 heteroatoms. The Morgan fingerprint density at radius 1 is 0.477 bits per heavy atom. The molecule has 0 heterocycles. The highest BCUT2D eigenvalue weighted by Gasteiger charge is 2.23. The zero-order chi connectivity index (χ0) is 47.4. The van der Waals surface area contributed by atoms with Crippen LogP contribution in [0, 0.1) is 0 Å². The molecule has 0 aliphatic heterocycles. The van der Waals surface area contributed by atoms with Gasteiger partial charge in [0.25, 0.3) is 0 Å². The van der Waals surface area contributed by atoms with Gasteiger partial charge in [0.1, 0.15) is 6.10 Å². The molecular weight excluding hydrogens is 803 g/mol. The fourth-order valence-corrected chi connectivity index (χ4v) is 7.38. The van der Waals surface area contributed by atoms with Gasteiger partial charge in [-0.15, -0.1) is 0 Å². The molecule has 0 radical (unpaired) electrons. The summed E-state index contributed by atoms with van der Waals surface area (Å²) < 4.78 is 5.82. The van der Waals surface area contributed by atoms with Crippen LogP contribution in [-0.2, 0) is 14.3 Å². The van der Waals surface area contributed by atoms with E-state index in [1.807, 2.05) is 6.08 Å². The molecule has 0 fully saturated rings. The van der Waals surface area contributed by atoms with Crippen molar-refractivity contribution in [1.82, 2.24) is 5.32 Å². The molecular formula is C59H99NO5. The van der Waals surface area contributed by atoms with Crippen LogP contribution in [0.3, 0.4) is 0 Å². The number of carbonyl (C=O) groups excluding carboxylic acids is 2. The van der Waals surface area contributed by atoms with Crippen LogP contribution in [-0.4, -0.2) is 46.9 Å². The van der Waals surface area contributed by atoms with E-state index in [-0.39, 0.29) is 24.9 Å². The third-order valence-electron chi connectivity index (χ3n) is 11.3. The highest BCUT2D eigenvalue weighted by atomic mass is 16.5. The summed E-state index contributed by atoms with van der Waals surface area (Å²) in [6, 6.07) is -0.755. The minimum Gasteiger partial charge on any atom is -0.458 e. The predicted octanol–water partition coefficient (Wildman–Crippen LogP) is 16.3. The maximum absolute atomic E-state index is 13.2. The molecule has 0 spiro atoms. The number of hydrogen-bond acceptors (Lipinski definition) is 5. The Balaban J connectivity index is 4.79. The molecule has 0 aromatic carbocycles. The second-order valence-electron chi connectivity index (χ2n) is 17.5. The number of nitrogens with one attached hydrogen (secondary N) is 1. The normalized spacial score (nSPS) is 14.1. The molecule has 0 aromatic rings. The molecule has 0 bridgehead atoms. The maximum Gasteiger partial charge on any atom is 0.306 e. The fourth-order valence-electron chi connectivity index (χ4n) is 7.38. The maximum atomic E-state index is 13.2. The van der Waals surface area contributed by atoms with Gasteiger partial charge in [-0.25, -0.2) is 0 Å². The van der Waals surface area contributed by atoms with Crippen LogP contribution in [0.15, 0.2) is 109 Å². The standard InChI is InChI=1S/C59H99NO5/c1-4-7-10-13-16-19-22-25-28-29-31-32-35-38-41-44-47-50-55(65-59(64)52-49-46-43-40-37-34-27-24-21-18-15-12-9-6-3)53-58(63)60-56(54-61)57(62)51-48-45-42-39-36-33-30-26-23-20-17-14-11-8-5-2/h7,9-10,12,16,18-19,21,25,27-28,31-32,34,38,41,47,50,55-57,61-62H,4-6,8,11,13-15,17,20,22-24,26,29-30,33,35-37,39-40,42-46,48-49,51-54H2,1-3H3,(H,60,63)/b10-7-,12-9+,19-16-,21-18+,28-25-,32-31-,34-27+,41-38-,50-47-. The van der Waals surface area contributed by atoms with Crippen molar-refractivity contribution >= 4 is 11.9 Å². The number of unbranched alkanes of at least 4 members (excludes halogenated alkanes) is 18. The summed E-state index contributed by atoms with van der Waals surface area (Å²) in [5, 5.41) is 23.8. The van der Waals surface area contributed by atoms with Gasteiger partial charge in [0.05, 0.1) is 25.2 Å². The highest BCUT2D eigenvalue weighted by Crippen LogP contribution is 2.16. The average Bonchev–Trinajstić information content (AvgIpc) is 3.30. The minimum absolute atomic E-state index is 0.0625. The van der Waals surface area contributed by atoms with Crippen LogP contribution in [0.5, 0.6) is 0 Å². The largest absolute Gasteiger partial charge is 0.458 e. The topological polar surface area (TPSA) is 95.9 Å². The molecule has 0 aliphatic rings. The lowest BCUT2D eigenvalue weighted by molar-refractivity contribution is -0.148. The smallest absolute Gasteiger partial charge is 0.306 e. The lowest BCUT2D eigenvalue weighted by Gasteiger charge is -2.23. The van der Waals surface area contributed by atoms with E-state index < -0.39 is 18.2 Å². The third kappa shape index (κ3) is 46.8. The van der Waals surface area contributed by atoms with Crippen LogP contribution in [0.1, 0.15) is 226 Å². The van der Waals surface area contributed by atoms with Crippen LogP contribution in [0.2, 0.25) is 0 Å². The van der Waals surface area contributed by atoms with Crippen molar-refractivity contribution in [2.24, 2.45) is 0 Å². The first kappa shape index (κ1) is 61.5. The summed E-state index contributed by atoms with van der Waals surface area (Å²) in [5.74, 6) is -0.663. The van der Waals surface area contributed by atoms with Crippen LogP contribution < -0.4 is 5.32 Å². The van der Waals surface area contributed by atoms with E-state index >= 15 is 0 Å². The van der Waals surface area contributed by atoms with E-state index in [1.165, 1.54) is 77.0 Å². The number of aliphatic hydroxyl groups excluding tert-OH is 2. The number of hydrogen-bond donors (Lipinski definition) is 3. The first-order valence-corrected chi connectivity index (χ1v) is 26.6. The molecule has 370 valence electrons. The third-order valence-corrected chi connectivity index (χ3v) is 11.3. The van der Waals surface area contributed by atoms with Crippen molar-refractivity contribution in [3.05, 3.63) is 109 Å². The number of carbonyl (C=O) groups is 2. The molecule has 0 aliphatic carbocycles. The molecule has 0 saturated heterocycles. The number of ether oxygens (including phenoxy) is 1. The van der Waals surface area contributed by atoms with Crippen molar-refractivity contribution in [2.75, 3.05) is 6.61 Å². The Labute approximate surface area is 400 Å². The number of esters is 1. The Kier molecular flexibility index (Phi) is 48.7. The second-order valence-corrected chi connectivity index (χ2v) is 17.5. The average molecular weight is 902 g/mol. The molecule has 3 atom stereocenters. The summed E-state index contributed by atoms with van der Waals surface area (Å²) in [7, 11) is 0. The Hall–Kier alpha value is -3.48. The molecule has 1 amide bonds. The number of amides is 1. The van der Waals surface area contributed by atoms with Gasteiger partial charge < -0.3 is 20.3 Å². The molecule has 3 N–H and O–H groups in total. The van der Waals surface area contributed by atoms with E-state index in [1.54, 1.807) is 6.08 Å². The van der Waals surface area contributed by atoms with Gasteiger partial charge in [0.15, 0.2) is 0 Å². The predicted molar refractivity (Wildman–Crippen MR) is 282 cm³/mol. The summed E-state index contributed by atoms with van der Waals surface area (Å²) in [5.41, 5.74) is 0. The Bertz CT molecular complexity index is 1330. The van der Waals surface area contributed by atoms with Gasteiger partial charge >= 0.3 is 5.97 Å². The number of aliphatic hydroxyl groups is 2. The molecule has 0 saturated carbocycles. The van der Waals surface area contributed by atoms with Crippen molar-refractivity contribution < 1.29 is 24.5 Å². The van der Waals surface area contributed by atoms with Crippen molar-refractivity contribution in [2.45, 2.75) is 244 Å².